The van der Waals surface area contributed by atoms with Crippen LogP contribution in [0.4, 0.5) is 0 Å². The summed E-state index contributed by atoms with van der Waals surface area (Å²) in [4.78, 5) is 28.6. The number of nitrogens with one attached hydrogen (secondary N) is 2. The zero-order chi connectivity index (χ0) is 17.1. The second kappa shape index (κ2) is 7.13. The zero-order valence-electron chi connectivity index (χ0n) is 13.8. The lowest BCUT2D eigenvalue weighted by molar-refractivity contribution is -0.121. The Morgan fingerprint density at radius 2 is 2.17 bits per heavy atom. The van der Waals surface area contributed by atoms with Crippen LogP contribution in [0.3, 0.4) is 0 Å². The Balaban J connectivity index is 1.49. The first-order valence-corrected chi connectivity index (χ1v) is 9.03. The minimum Gasteiger partial charge on any atom is -0.356 e. The van der Waals surface area contributed by atoms with E-state index in [-0.39, 0.29) is 24.3 Å². The van der Waals surface area contributed by atoms with Crippen molar-refractivity contribution < 1.29 is 9.59 Å². The number of rotatable bonds is 6. The Kier molecular flexibility index (Phi) is 4.94. The van der Waals surface area contributed by atoms with E-state index in [1.54, 1.807) is 17.4 Å². The number of carbonyl (C=O) groups is 2. The minimum absolute atomic E-state index is 0.0577. The highest BCUT2D eigenvalue weighted by molar-refractivity contribution is 7.09. The predicted molar refractivity (Wildman–Crippen MR) is 94.2 cm³/mol. The highest BCUT2D eigenvalue weighted by atomic mass is 32.1. The van der Waals surface area contributed by atoms with Crippen molar-refractivity contribution in [2.75, 3.05) is 6.54 Å². The number of amides is 2. The number of fused-ring (bicyclic) bond motifs is 1. The van der Waals surface area contributed by atoms with Gasteiger partial charge in [-0.05, 0) is 17.5 Å². The summed E-state index contributed by atoms with van der Waals surface area (Å²) in [5.41, 5.74) is 2.67. The monoisotopic (exact) mass is 343 g/mol. The van der Waals surface area contributed by atoms with Gasteiger partial charge >= 0.3 is 0 Å². The van der Waals surface area contributed by atoms with E-state index in [1.165, 1.54) is 0 Å². The molecule has 0 spiro atoms. The average Bonchev–Trinajstić information content (AvgIpc) is 3.14. The number of benzene rings is 1. The van der Waals surface area contributed by atoms with Crippen LogP contribution in [0.2, 0.25) is 0 Å². The van der Waals surface area contributed by atoms with Gasteiger partial charge < -0.3 is 10.6 Å². The quantitative estimate of drug-likeness (QED) is 0.847. The molecule has 0 aliphatic carbocycles. The van der Waals surface area contributed by atoms with Gasteiger partial charge in [0.2, 0.25) is 5.91 Å². The maximum absolute atomic E-state index is 12.1. The van der Waals surface area contributed by atoms with E-state index in [1.807, 2.05) is 18.2 Å². The van der Waals surface area contributed by atoms with E-state index in [0.717, 1.165) is 22.7 Å². The summed E-state index contributed by atoms with van der Waals surface area (Å²) in [6.07, 6.45) is 0.995. The van der Waals surface area contributed by atoms with Crippen molar-refractivity contribution in [3.63, 3.8) is 0 Å². The van der Waals surface area contributed by atoms with E-state index >= 15 is 0 Å². The molecule has 2 N–H and O–H groups in total. The first-order chi connectivity index (χ1) is 11.5. The largest absolute Gasteiger partial charge is 0.356 e. The fourth-order valence-corrected chi connectivity index (χ4v) is 3.71. The lowest BCUT2D eigenvalue weighted by atomic mass is 10.0. The second-order valence-corrected chi connectivity index (χ2v) is 7.18. The van der Waals surface area contributed by atoms with E-state index in [0.29, 0.717) is 18.0 Å². The van der Waals surface area contributed by atoms with Gasteiger partial charge in [0.15, 0.2) is 0 Å². The maximum Gasteiger partial charge on any atom is 0.252 e. The molecule has 1 aromatic heterocycles. The van der Waals surface area contributed by atoms with Gasteiger partial charge in [-0.3, -0.25) is 9.59 Å². The molecule has 5 nitrogen and oxygen atoms in total. The van der Waals surface area contributed by atoms with Crippen molar-refractivity contribution in [1.82, 2.24) is 15.6 Å². The van der Waals surface area contributed by atoms with Gasteiger partial charge in [0.05, 0.1) is 23.2 Å². The Morgan fingerprint density at radius 3 is 2.92 bits per heavy atom. The van der Waals surface area contributed by atoms with E-state index in [9.17, 15) is 9.59 Å². The Morgan fingerprint density at radius 1 is 1.38 bits per heavy atom. The average molecular weight is 343 g/mol. The fraction of sp³-hybridized carbons (Fsp3) is 0.389. The van der Waals surface area contributed by atoms with Crippen LogP contribution < -0.4 is 10.6 Å². The summed E-state index contributed by atoms with van der Waals surface area (Å²) in [6, 6.07) is 7.17. The summed E-state index contributed by atoms with van der Waals surface area (Å²) in [5, 5.41) is 8.90. The number of hydrogen-bond acceptors (Lipinski definition) is 4. The molecule has 0 saturated carbocycles. The molecule has 1 aromatic carbocycles. The van der Waals surface area contributed by atoms with Gasteiger partial charge in [-0.1, -0.05) is 32.0 Å². The molecule has 2 aromatic rings. The molecule has 24 heavy (non-hydrogen) atoms. The molecule has 0 unspecified atom stereocenters. The van der Waals surface area contributed by atoms with Gasteiger partial charge in [-0.15, -0.1) is 11.3 Å². The molecule has 0 radical (unpaired) electrons. The molecule has 2 amide bonds. The maximum atomic E-state index is 12.1. The Bertz CT molecular complexity index is 754. The molecule has 1 aliphatic heterocycles. The summed E-state index contributed by atoms with van der Waals surface area (Å²) in [5.74, 6) is 0.265. The van der Waals surface area contributed by atoms with Gasteiger partial charge in [0.25, 0.3) is 5.91 Å². The molecule has 1 atom stereocenters. The SMILES string of the molecule is CC(C)c1csc(CCNC(=O)C[C@H]2NC(=O)c3ccccc32)n1. The number of nitrogens with zero attached hydrogens (tertiary/aromatic N) is 1. The molecule has 0 saturated heterocycles. The summed E-state index contributed by atoms with van der Waals surface area (Å²) < 4.78 is 0. The van der Waals surface area contributed by atoms with E-state index in [2.05, 4.69) is 34.8 Å². The molecule has 3 rings (SSSR count). The number of aromatic nitrogens is 1. The molecular formula is C18H21N3O2S. The molecule has 1 aliphatic rings. The van der Waals surface area contributed by atoms with Crippen LogP contribution in [-0.2, 0) is 11.2 Å². The third-order valence-corrected chi connectivity index (χ3v) is 5.02. The van der Waals surface area contributed by atoms with Crippen molar-refractivity contribution >= 4 is 23.2 Å². The molecule has 0 bridgehead atoms. The minimum atomic E-state index is -0.235. The van der Waals surface area contributed by atoms with Crippen molar-refractivity contribution in [3.8, 4) is 0 Å². The molecular weight excluding hydrogens is 322 g/mol. The van der Waals surface area contributed by atoms with E-state index in [4.69, 9.17) is 0 Å². The third kappa shape index (κ3) is 3.64. The summed E-state index contributed by atoms with van der Waals surface area (Å²) >= 11 is 1.63. The van der Waals surface area contributed by atoms with Crippen molar-refractivity contribution in [3.05, 3.63) is 51.5 Å². The molecule has 0 fully saturated rings. The van der Waals surface area contributed by atoms with Crippen LogP contribution in [0, 0.1) is 0 Å². The zero-order valence-corrected chi connectivity index (χ0v) is 14.7. The van der Waals surface area contributed by atoms with Crippen molar-refractivity contribution in [1.29, 1.82) is 0 Å². The lowest BCUT2D eigenvalue weighted by Crippen LogP contribution is -2.30. The molecule has 126 valence electrons. The fourth-order valence-electron chi connectivity index (χ4n) is 2.75. The van der Waals surface area contributed by atoms with Crippen LogP contribution >= 0.6 is 11.3 Å². The van der Waals surface area contributed by atoms with Crippen LogP contribution in [-0.4, -0.2) is 23.3 Å². The first kappa shape index (κ1) is 16.6. The van der Waals surface area contributed by atoms with Gasteiger partial charge in [0, 0.05) is 23.9 Å². The number of carbonyl (C=O) groups excluding carboxylic acids is 2. The van der Waals surface area contributed by atoms with E-state index < -0.39 is 0 Å². The van der Waals surface area contributed by atoms with Crippen LogP contribution in [0.15, 0.2) is 29.6 Å². The van der Waals surface area contributed by atoms with Crippen molar-refractivity contribution in [2.24, 2.45) is 0 Å². The van der Waals surface area contributed by atoms with Crippen LogP contribution in [0.5, 0.6) is 0 Å². The normalized spacial score (nSPS) is 16.1. The molecule has 6 heteroatoms. The Labute approximate surface area is 145 Å². The predicted octanol–water partition coefficient (Wildman–Crippen LogP) is 2.80. The summed E-state index contributed by atoms with van der Waals surface area (Å²) in [7, 11) is 0. The highest BCUT2D eigenvalue weighted by Gasteiger charge is 2.29. The van der Waals surface area contributed by atoms with Crippen molar-refractivity contribution in [2.45, 2.75) is 38.6 Å². The second-order valence-electron chi connectivity index (χ2n) is 6.24. The topological polar surface area (TPSA) is 71.1 Å². The molecule has 2 heterocycles. The van der Waals surface area contributed by atoms with Crippen LogP contribution in [0.1, 0.15) is 58.9 Å². The number of thiazole rings is 1. The van der Waals surface area contributed by atoms with Gasteiger partial charge in [-0.2, -0.15) is 0 Å². The van der Waals surface area contributed by atoms with Crippen LogP contribution in [0.25, 0.3) is 0 Å². The first-order valence-electron chi connectivity index (χ1n) is 8.15. The highest BCUT2D eigenvalue weighted by Crippen LogP contribution is 2.27. The standard InChI is InChI=1S/C18H21N3O2S/c1-11(2)15-10-24-17(20-15)7-8-19-16(22)9-14-12-5-3-4-6-13(12)18(23)21-14/h3-6,10-11,14H,7-9H2,1-2H3,(H,19,22)(H,21,23)/t14-/m1/s1. The smallest absolute Gasteiger partial charge is 0.252 e. The third-order valence-electron chi connectivity index (χ3n) is 4.10. The Hall–Kier alpha value is -2.21. The number of hydrogen-bond donors (Lipinski definition) is 2. The summed E-state index contributed by atoms with van der Waals surface area (Å²) in [6.45, 7) is 4.80. The lowest BCUT2D eigenvalue weighted by Gasteiger charge is -2.11. The van der Waals surface area contributed by atoms with Gasteiger partial charge in [-0.25, -0.2) is 4.98 Å². The van der Waals surface area contributed by atoms with Gasteiger partial charge in [0.1, 0.15) is 0 Å².